The fourth-order valence-corrected chi connectivity index (χ4v) is 5.36. The van der Waals surface area contributed by atoms with E-state index in [9.17, 15) is 9.18 Å². The Morgan fingerprint density at radius 3 is 2.66 bits per heavy atom. The number of benzene rings is 1. The molecule has 0 spiro atoms. The summed E-state index contributed by atoms with van der Waals surface area (Å²) >= 11 is 1.07. The third-order valence-corrected chi connectivity index (χ3v) is 7.94. The molecule has 1 amide bonds. The van der Waals surface area contributed by atoms with Gasteiger partial charge in [0.05, 0.1) is 5.41 Å². The summed E-state index contributed by atoms with van der Waals surface area (Å²) < 4.78 is 34.7. The molecule has 3 heterocycles. The molecule has 2 atom stereocenters. The minimum Gasteiger partial charge on any atom is -0.414 e. The number of hydrogen-bond donors (Lipinski definition) is 1. The van der Waals surface area contributed by atoms with E-state index in [4.69, 9.17) is 4.74 Å². The number of nitrogens with zero attached hydrogens (tertiary/aromatic N) is 2. The number of carbonyl (C=O) groups is 1. The maximum absolute atomic E-state index is 15.8. The van der Waals surface area contributed by atoms with E-state index in [2.05, 4.69) is 29.0 Å². The van der Waals surface area contributed by atoms with E-state index in [1.165, 1.54) is 6.07 Å². The van der Waals surface area contributed by atoms with Crippen molar-refractivity contribution < 1.29 is 18.3 Å². The van der Waals surface area contributed by atoms with Gasteiger partial charge in [0, 0.05) is 34.5 Å². The number of rotatable bonds is 8. The van der Waals surface area contributed by atoms with E-state index in [1.807, 2.05) is 31.3 Å². The van der Waals surface area contributed by atoms with Crippen molar-refractivity contribution in [2.75, 3.05) is 18.4 Å². The third kappa shape index (κ3) is 5.87. The predicted molar refractivity (Wildman–Crippen MR) is 135 cm³/mol. The van der Waals surface area contributed by atoms with Crippen LogP contribution < -0.4 is 5.32 Å². The van der Waals surface area contributed by atoms with Gasteiger partial charge in [-0.25, -0.2) is 9.18 Å². The molecular weight excluding hydrogens is 468 g/mol. The summed E-state index contributed by atoms with van der Waals surface area (Å²) in [6.07, 6.45) is 0.688. The topological polar surface area (TPSA) is 54.5 Å². The molecule has 1 unspecified atom stereocenters. The Labute approximate surface area is 209 Å². The lowest BCUT2D eigenvalue weighted by Crippen LogP contribution is -2.45. The Morgan fingerprint density at radius 1 is 1.23 bits per heavy atom. The van der Waals surface area contributed by atoms with Crippen LogP contribution >= 0.6 is 11.3 Å². The highest BCUT2D eigenvalue weighted by molar-refractivity contribution is 7.10. The monoisotopic (exact) mass is 499 g/mol. The summed E-state index contributed by atoms with van der Waals surface area (Å²) in [5, 5.41) is 2.33. The average Bonchev–Trinajstić information content (AvgIpc) is 3.46. The number of amides is 1. The smallest absolute Gasteiger partial charge is 0.414 e. The lowest BCUT2D eigenvalue weighted by Gasteiger charge is -2.38. The highest BCUT2D eigenvalue weighted by Gasteiger charge is 2.50. The van der Waals surface area contributed by atoms with E-state index in [-0.39, 0.29) is 10.7 Å². The van der Waals surface area contributed by atoms with Crippen molar-refractivity contribution in [1.82, 2.24) is 9.88 Å². The Balaban J connectivity index is 1.52. The van der Waals surface area contributed by atoms with Crippen molar-refractivity contribution in [2.24, 2.45) is 5.41 Å². The maximum Gasteiger partial charge on any atom is 0.414 e. The van der Waals surface area contributed by atoms with Crippen LogP contribution in [-0.2, 0) is 16.7 Å². The fourth-order valence-electron chi connectivity index (χ4n) is 4.63. The van der Waals surface area contributed by atoms with Crippen LogP contribution in [-0.4, -0.2) is 35.4 Å². The van der Waals surface area contributed by atoms with Crippen LogP contribution in [0.3, 0.4) is 0 Å². The summed E-state index contributed by atoms with van der Waals surface area (Å²) in [5.41, 5.74) is 1.21. The Morgan fingerprint density at radius 2 is 2.00 bits per heavy atom. The molecular formula is C27H31F2N3O2S. The first-order valence-corrected chi connectivity index (χ1v) is 12.6. The summed E-state index contributed by atoms with van der Waals surface area (Å²) in [6, 6.07) is 16.0. The molecule has 0 aliphatic carbocycles. The van der Waals surface area contributed by atoms with Crippen LogP contribution in [0.5, 0.6) is 0 Å². The van der Waals surface area contributed by atoms with Crippen LogP contribution in [0.15, 0.2) is 60.8 Å². The van der Waals surface area contributed by atoms with Gasteiger partial charge >= 0.3 is 6.09 Å². The molecule has 35 heavy (non-hydrogen) atoms. The van der Waals surface area contributed by atoms with Crippen molar-refractivity contribution in [3.8, 4) is 0 Å². The number of carbonyl (C=O) groups excluding carboxylic acids is 1. The number of anilines is 1. The van der Waals surface area contributed by atoms with Crippen LogP contribution in [0, 0.1) is 17.5 Å². The van der Waals surface area contributed by atoms with Gasteiger partial charge in [-0.15, -0.1) is 11.3 Å². The number of nitrogens with one attached hydrogen (secondary N) is 1. The second-order valence-electron chi connectivity index (χ2n) is 9.70. The molecule has 0 bridgehead atoms. The van der Waals surface area contributed by atoms with E-state index in [0.29, 0.717) is 38.0 Å². The highest BCUT2D eigenvalue weighted by atomic mass is 32.1. The molecule has 1 aliphatic rings. The van der Waals surface area contributed by atoms with E-state index in [0.717, 1.165) is 27.5 Å². The van der Waals surface area contributed by atoms with Gasteiger partial charge in [0.2, 0.25) is 6.36 Å². The Hall–Kier alpha value is -2.84. The van der Waals surface area contributed by atoms with Gasteiger partial charge in [-0.3, -0.25) is 15.2 Å². The third-order valence-electron chi connectivity index (χ3n) is 7.00. The fraction of sp³-hybridized carbons (Fsp3) is 0.407. The Bertz CT molecular complexity index is 1140. The molecule has 1 saturated heterocycles. The minimum atomic E-state index is -1.81. The van der Waals surface area contributed by atoms with Gasteiger partial charge in [0.1, 0.15) is 0 Å². The number of para-hydroxylation sites is 1. The molecule has 1 aliphatic heterocycles. The van der Waals surface area contributed by atoms with E-state index < -0.39 is 17.9 Å². The number of hydrogen-bond acceptors (Lipinski definition) is 5. The number of aryl methyl sites for hydroxylation is 2. The number of aromatic nitrogens is 1. The zero-order valence-electron chi connectivity index (χ0n) is 20.3. The van der Waals surface area contributed by atoms with Crippen LogP contribution in [0.1, 0.15) is 42.8 Å². The Kier molecular flexibility index (Phi) is 7.52. The molecule has 186 valence electrons. The van der Waals surface area contributed by atoms with Gasteiger partial charge in [0.25, 0.3) is 0 Å². The zero-order chi connectivity index (χ0) is 25.1. The largest absolute Gasteiger partial charge is 0.414 e. The number of pyridine rings is 1. The molecule has 3 aromatic rings. The second kappa shape index (κ2) is 10.4. The lowest BCUT2D eigenvalue weighted by atomic mass is 9.81. The van der Waals surface area contributed by atoms with E-state index in [1.54, 1.807) is 30.3 Å². The second-order valence-corrected chi connectivity index (χ2v) is 10.8. The first-order chi connectivity index (χ1) is 16.7. The highest BCUT2D eigenvalue weighted by Crippen LogP contribution is 2.45. The number of halogens is 2. The van der Waals surface area contributed by atoms with Crippen molar-refractivity contribution in [3.63, 3.8) is 0 Å². The van der Waals surface area contributed by atoms with Crippen LogP contribution in [0.4, 0.5) is 19.3 Å². The molecule has 0 radical (unpaired) electrons. The van der Waals surface area contributed by atoms with Crippen LogP contribution in [0.2, 0.25) is 0 Å². The number of likely N-dealkylation sites (tertiary alicyclic amines) is 1. The lowest BCUT2D eigenvalue weighted by molar-refractivity contribution is -0.0797. The quantitative estimate of drug-likeness (QED) is 0.375. The van der Waals surface area contributed by atoms with E-state index >= 15 is 4.39 Å². The maximum atomic E-state index is 15.8. The summed E-state index contributed by atoms with van der Waals surface area (Å²) in [5.74, 6) is 0. The number of ether oxygens (including phenoxy) is 1. The van der Waals surface area contributed by atoms with Crippen molar-refractivity contribution in [3.05, 3.63) is 82.1 Å². The van der Waals surface area contributed by atoms with Gasteiger partial charge in [-0.05, 0) is 82.5 Å². The summed E-state index contributed by atoms with van der Waals surface area (Å²) in [4.78, 5) is 20.0. The van der Waals surface area contributed by atoms with Gasteiger partial charge in [-0.1, -0.05) is 24.3 Å². The number of thiophene rings is 1. The standard InChI is InChI=1S/C27H31F2N3O2S/c1-19-9-10-20(17-30-19)26(2,3)32-16-15-27(18-32,14-13-22-11-12-23(28)35-22)24(29)34-25(33)31-21-7-5-4-6-8-21/h4-12,17,24H,13-16,18H2,1-3H3,(H,31,33)/t24-,27?/m1/s1. The average molecular weight is 500 g/mol. The molecule has 5 nitrogen and oxygen atoms in total. The summed E-state index contributed by atoms with van der Waals surface area (Å²) in [6.45, 7) is 7.18. The van der Waals surface area contributed by atoms with Crippen molar-refractivity contribution >= 4 is 23.1 Å². The molecule has 2 aromatic heterocycles. The first kappa shape index (κ1) is 25.3. The minimum absolute atomic E-state index is 0.259. The van der Waals surface area contributed by atoms with Gasteiger partial charge in [-0.2, -0.15) is 4.39 Å². The molecule has 1 fully saturated rings. The van der Waals surface area contributed by atoms with Crippen LogP contribution in [0.25, 0.3) is 0 Å². The predicted octanol–water partition coefficient (Wildman–Crippen LogP) is 6.69. The van der Waals surface area contributed by atoms with Crippen molar-refractivity contribution in [1.29, 1.82) is 0 Å². The SMILES string of the molecule is Cc1ccc(C(C)(C)N2CCC(CCc3ccc(F)s3)([C@H](F)OC(=O)Nc3ccccc3)C2)cn1. The number of alkyl halides is 1. The zero-order valence-corrected chi connectivity index (χ0v) is 21.1. The van der Waals surface area contributed by atoms with Crippen molar-refractivity contribution in [2.45, 2.75) is 51.9 Å². The molecule has 0 saturated carbocycles. The van der Waals surface area contributed by atoms with Gasteiger partial charge in [0.15, 0.2) is 5.13 Å². The molecule has 8 heteroatoms. The van der Waals surface area contributed by atoms with Gasteiger partial charge < -0.3 is 4.74 Å². The first-order valence-electron chi connectivity index (χ1n) is 11.8. The molecule has 1 N–H and O–H groups in total. The molecule has 1 aromatic carbocycles. The molecule has 4 rings (SSSR count). The normalized spacial score (nSPS) is 19.5. The summed E-state index contributed by atoms with van der Waals surface area (Å²) in [7, 11) is 0.